The van der Waals surface area contributed by atoms with Crippen molar-refractivity contribution < 1.29 is 9.59 Å². The molecule has 0 aliphatic carbocycles. The predicted molar refractivity (Wildman–Crippen MR) is 131 cm³/mol. The zero-order chi connectivity index (χ0) is 23.0. The summed E-state index contributed by atoms with van der Waals surface area (Å²) in [5.41, 5.74) is 3.18. The first kappa shape index (κ1) is 22.6. The number of hydrogen-bond donors (Lipinski definition) is 2. The normalized spacial score (nSPS) is 15.2. The highest BCUT2D eigenvalue weighted by molar-refractivity contribution is 5.93. The lowest BCUT2D eigenvalue weighted by Gasteiger charge is -2.40. The molecule has 6 heteroatoms. The summed E-state index contributed by atoms with van der Waals surface area (Å²) in [6, 6.07) is 29.3. The Kier molecular flexibility index (Phi) is 7.37. The summed E-state index contributed by atoms with van der Waals surface area (Å²) < 4.78 is 0. The standard InChI is InChI=1S/C27H30N4O2/c1-21(28-27(33)29-24-15-9-4-10-16-24)26(32)31-19-17-30(18-20-31)25(22-11-5-2-6-12-22)23-13-7-3-8-14-23/h2-16,21,25H,17-20H2,1H3,(H2,28,29,33)/t21-/m0/s1. The van der Waals surface area contributed by atoms with Crippen molar-refractivity contribution in [1.82, 2.24) is 15.1 Å². The number of urea groups is 1. The van der Waals surface area contributed by atoms with Crippen LogP contribution >= 0.6 is 0 Å². The van der Waals surface area contributed by atoms with Gasteiger partial charge in [0.2, 0.25) is 5.91 Å². The summed E-state index contributed by atoms with van der Waals surface area (Å²) in [5, 5.41) is 5.52. The fraction of sp³-hybridized carbons (Fsp3) is 0.259. The first-order valence-electron chi connectivity index (χ1n) is 11.4. The number of nitrogens with zero attached hydrogens (tertiary/aromatic N) is 2. The Morgan fingerprint density at radius 1 is 0.727 bits per heavy atom. The van der Waals surface area contributed by atoms with Crippen LogP contribution in [0.3, 0.4) is 0 Å². The van der Waals surface area contributed by atoms with Gasteiger partial charge in [0, 0.05) is 31.9 Å². The molecule has 170 valence electrons. The highest BCUT2D eigenvalue weighted by atomic mass is 16.2. The van der Waals surface area contributed by atoms with Crippen LogP contribution in [0.5, 0.6) is 0 Å². The summed E-state index contributed by atoms with van der Waals surface area (Å²) in [6.07, 6.45) is 0. The van der Waals surface area contributed by atoms with Gasteiger partial charge < -0.3 is 15.5 Å². The van der Waals surface area contributed by atoms with E-state index in [-0.39, 0.29) is 18.0 Å². The van der Waals surface area contributed by atoms with Crippen LogP contribution in [-0.2, 0) is 4.79 Å². The Bertz CT molecular complexity index is 996. The maximum absolute atomic E-state index is 13.0. The molecular formula is C27H30N4O2. The molecule has 0 bridgehead atoms. The first-order chi connectivity index (χ1) is 16.1. The molecule has 0 saturated carbocycles. The van der Waals surface area contributed by atoms with E-state index in [1.165, 1.54) is 11.1 Å². The van der Waals surface area contributed by atoms with Crippen LogP contribution in [0.4, 0.5) is 10.5 Å². The summed E-state index contributed by atoms with van der Waals surface area (Å²) in [5.74, 6) is -0.0613. The van der Waals surface area contributed by atoms with Gasteiger partial charge in [-0.2, -0.15) is 0 Å². The van der Waals surface area contributed by atoms with E-state index in [2.05, 4.69) is 64.1 Å². The zero-order valence-corrected chi connectivity index (χ0v) is 18.9. The molecule has 6 nitrogen and oxygen atoms in total. The Hall–Kier alpha value is -3.64. The molecule has 3 aromatic rings. The maximum Gasteiger partial charge on any atom is 0.319 e. The number of amides is 3. The zero-order valence-electron chi connectivity index (χ0n) is 18.9. The highest BCUT2D eigenvalue weighted by Gasteiger charge is 2.30. The molecule has 1 aliphatic heterocycles. The van der Waals surface area contributed by atoms with Gasteiger partial charge >= 0.3 is 6.03 Å². The third-order valence-corrected chi connectivity index (χ3v) is 5.97. The fourth-order valence-electron chi connectivity index (χ4n) is 4.31. The van der Waals surface area contributed by atoms with Crippen molar-refractivity contribution >= 4 is 17.6 Å². The Morgan fingerprint density at radius 2 is 1.21 bits per heavy atom. The maximum atomic E-state index is 13.0. The topological polar surface area (TPSA) is 64.7 Å². The van der Waals surface area contributed by atoms with Gasteiger partial charge in [-0.15, -0.1) is 0 Å². The van der Waals surface area contributed by atoms with Crippen molar-refractivity contribution in [2.45, 2.75) is 19.0 Å². The quantitative estimate of drug-likeness (QED) is 0.603. The first-order valence-corrected chi connectivity index (χ1v) is 11.4. The van der Waals surface area contributed by atoms with Gasteiger partial charge in [0.25, 0.3) is 0 Å². The van der Waals surface area contributed by atoms with E-state index in [1.807, 2.05) is 35.2 Å². The second kappa shape index (κ2) is 10.8. The monoisotopic (exact) mass is 442 g/mol. The second-order valence-electron chi connectivity index (χ2n) is 8.27. The number of carbonyl (C=O) groups excluding carboxylic acids is 2. The van der Waals surface area contributed by atoms with Gasteiger partial charge in [-0.25, -0.2) is 4.79 Å². The third-order valence-electron chi connectivity index (χ3n) is 5.97. The van der Waals surface area contributed by atoms with Gasteiger partial charge in [0.1, 0.15) is 6.04 Å². The van der Waals surface area contributed by atoms with Crippen LogP contribution in [0.25, 0.3) is 0 Å². The van der Waals surface area contributed by atoms with Crippen molar-refractivity contribution in [3.05, 3.63) is 102 Å². The lowest BCUT2D eigenvalue weighted by atomic mass is 9.96. The fourth-order valence-corrected chi connectivity index (χ4v) is 4.31. The van der Waals surface area contributed by atoms with E-state index < -0.39 is 6.04 Å². The van der Waals surface area contributed by atoms with Crippen molar-refractivity contribution in [3.8, 4) is 0 Å². The Morgan fingerprint density at radius 3 is 1.73 bits per heavy atom. The molecule has 1 fully saturated rings. The summed E-state index contributed by atoms with van der Waals surface area (Å²) >= 11 is 0. The number of hydrogen-bond acceptors (Lipinski definition) is 3. The lowest BCUT2D eigenvalue weighted by molar-refractivity contribution is -0.134. The molecule has 4 rings (SSSR count). The largest absolute Gasteiger partial charge is 0.338 e. The lowest BCUT2D eigenvalue weighted by Crippen LogP contribution is -2.55. The van der Waals surface area contributed by atoms with Gasteiger partial charge in [0.15, 0.2) is 0 Å². The molecule has 1 aliphatic rings. The molecular weight excluding hydrogens is 412 g/mol. The Labute approximate surface area is 195 Å². The van der Waals surface area contributed by atoms with Gasteiger partial charge in [-0.1, -0.05) is 78.9 Å². The second-order valence-corrected chi connectivity index (χ2v) is 8.27. The van der Waals surface area contributed by atoms with Crippen LogP contribution in [0, 0.1) is 0 Å². The molecule has 1 saturated heterocycles. The van der Waals surface area contributed by atoms with Gasteiger partial charge in [-0.3, -0.25) is 9.69 Å². The van der Waals surface area contributed by atoms with E-state index in [0.29, 0.717) is 18.8 Å². The summed E-state index contributed by atoms with van der Waals surface area (Å²) in [6.45, 7) is 4.52. The van der Waals surface area contributed by atoms with Crippen molar-refractivity contribution in [2.24, 2.45) is 0 Å². The molecule has 33 heavy (non-hydrogen) atoms. The van der Waals surface area contributed by atoms with Gasteiger partial charge in [-0.05, 0) is 30.2 Å². The van der Waals surface area contributed by atoms with Crippen molar-refractivity contribution in [2.75, 3.05) is 31.5 Å². The van der Waals surface area contributed by atoms with Crippen molar-refractivity contribution in [1.29, 1.82) is 0 Å². The molecule has 1 heterocycles. The number of benzene rings is 3. The summed E-state index contributed by atoms with van der Waals surface area (Å²) in [7, 11) is 0. The van der Waals surface area contributed by atoms with Crippen LogP contribution in [0.15, 0.2) is 91.0 Å². The number of rotatable bonds is 6. The predicted octanol–water partition coefficient (Wildman–Crippen LogP) is 4.13. The van der Waals surface area contributed by atoms with Crippen LogP contribution in [0.1, 0.15) is 24.1 Å². The number of para-hydroxylation sites is 1. The molecule has 2 N–H and O–H groups in total. The minimum Gasteiger partial charge on any atom is -0.338 e. The van der Waals surface area contributed by atoms with Crippen LogP contribution in [-0.4, -0.2) is 54.0 Å². The highest BCUT2D eigenvalue weighted by Crippen LogP contribution is 2.29. The average molecular weight is 443 g/mol. The van der Waals surface area contributed by atoms with E-state index in [0.717, 1.165) is 13.1 Å². The van der Waals surface area contributed by atoms with Crippen LogP contribution in [0.2, 0.25) is 0 Å². The molecule has 0 unspecified atom stereocenters. The molecule has 0 radical (unpaired) electrons. The average Bonchev–Trinajstić information content (AvgIpc) is 2.86. The molecule has 3 aromatic carbocycles. The molecule has 1 atom stereocenters. The molecule has 3 amide bonds. The van der Waals surface area contributed by atoms with E-state index in [4.69, 9.17) is 0 Å². The van der Waals surface area contributed by atoms with E-state index in [9.17, 15) is 9.59 Å². The number of piperazine rings is 1. The van der Waals surface area contributed by atoms with Crippen molar-refractivity contribution in [3.63, 3.8) is 0 Å². The smallest absolute Gasteiger partial charge is 0.319 e. The third kappa shape index (κ3) is 5.79. The minimum atomic E-state index is -0.598. The van der Waals surface area contributed by atoms with E-state index in [1.54, 1.807) is 19.1 Å². The number of nitrogens with one attached hydrogen (secondary N) is 2. The summed E-state index contributed by atoms with van der Waals surface area (Å²) in [4.78, 5) is 29.5. The Balaban J connectivity index is 1.36. The number of anilines is 1. The minimum absolute atomic E-state index is 0.0613. The van der Waals surface area contributed by atoms with Gasteiger partial charge in [0.05, 0.1) is 6.04 Å². The number of carbonyl (C=O) groups is 2. The molecule has 0 aromatic heterocycles. The molecule has 0 spiro atoms. The van der Waals surface area contributed by atoms with E-state index >= 15 is 0 Å². The van der Waals surface area contributed by atoms with Crippen LogP contribution < -0.4 is 10.6 Å². The SMILES string of the molecule is C[C@H](NC(=O)Nc1ccccc1)C(=O)N1CCN(C(c2ccccc2)c2ccccc2)CC1.